The fourth-order valence-corrected chi connectivity index (χ4v) is 8.84. The fourth-order valence-electron chi connectivity index (χ4n) is 7.79. The van der Waals surface area contributed by atoms with Crippen molar-refractivity contribution >= 4 is 54.5 Å². The fraction of sp³-hybridized carbons (Fsp3) is 0.0690. The third-order valence-corrected chi connectivity index (χ3v) is 12.0. The monoisotopic (exact) mass is 838 g/mol. The molecule has 312 valence electrons. The summed E-state index contributed by atoms with van der Waals surface area (Å²) in [6.45, 7) is 16.2. The zero-order valence-electron chi connectivity index (χ0n) is 36.5. The van der Waals surface area contributed by atoms with Crippen LogP contribution in [0.5, 0.6) is 0 Å². The maximum atomic E-state index is 6.00. The summed E-state index contributed by atoms with van der Waals surface area (Å²) >= 11 is 1.82. The molecule has 0 aliphatic heterocycles. The van der Waals surface area contributed by atoms with Crippen LogP contribution in [0, 0.1) is 13.8 Å². The van der Waals surface area contributed by atoms with Gasteiger partial charge in [-0.05, 0) is 126 Å². The number of para-hydroxylation sites is 2. The highest BCUT2D eigenvalue weighted by molar-refractivity contribution is 7.17. The van der Waals surface area contributed by atoms with E-state index < -0.39 is 0 Å². The summed E-state index contributed by atoms with van der Waals surface area (Å²) in [5, 5.41) is 9.50. The largest absolute Gasteiger partial charge is 0.359 e. The van der Waals surface area contributed by atoms with E-state index in [4.69, 9.17) is 5.84 Å². The predicted octanol–water partition coefficient (Wildman–Crippen LogP) is 15.8. The van der Waals surface area contributed by atoms with Crippen molar-refractivity contribution < 1.29 is 0 Å². The van der Waals surface area contributed by atoms with Crippen LogP contribution >= 0.6 is 11.3 Å². The predicted molar refractivity (Wildman–Crippen MR) is 277 cm³/mol. The number of allylic oxidation sites excluding steroid dienone is 9. The molecule has 4 N–H and O–H groups in total. The second kappa shape index (κ2) is 20.9. The van der Waals surface area contributed by atoms with Crippen LogP contribution < -0.4 is 16.6 Å². The number of benzene rings is 6. The van der Waals surface area contributed by atoms with Gasteiger partial charge in [0.15, 0.2) is 0 Å². The molecule has 6 aromatic carbocycles. The lowest BCUT2D eigenvalue weighted by Gasteiger charge is -2.17. The minimum absolute atomic E-state index is 0.812. The molecule has 5 heteroatoms. The molecule has 0 bridgehead atoms. The van der Waals surface area contributed by atoms with Gasteiger partial charge in [0.2, 0.25) is 0 Å². The number of aromatic nitrogens is 1. The molecule has 0 atom stereocenters. The molecule has 0 radical (unpaired) electrons. The molecule has 8 rings (SSSR count). The van der Waals surface area contributed by atoms with E-state index in [1.807, 2.05) is 73.8 Å². The molecule has 0 saturated heterocycles. The maximum Gasteiger partial charge on any atom is 0.0564 e. The van der Waals surface area contributed by atoms with Crippen LogP contribution in [0.15, 0.2) is 230 Å². The molecule has 0 saturated carbocycles. The van der Waals surface area contributed by atoms with E-state index in [0.29, 0.717) is 0 Å². The number of nitrogen functional groups attached to an aromatic ring is 1. The Morgan fingerprint density at radius 3 is 2.10 bits per heavy atom. The topological polar surface area (TPSA) is 55.0 Å². The van der Waals surface area contributed by atoms with Crippen LogP contribution in [0.25, 0.3) is 65.4 Å². The number of rotatable bonds is 11. The Balaban J connectivity index is 0.000000236. The molecule has 0 unspecified atom stereocenters. The highest BCUT2D eigenvalue weighted by atomic mass is 32.1. The number of hydrazine groups is 1. The summed E-state index contributed by atoms with van der Waals surface area (Å²) in [5.41, 5.74) is 18.3. The summed E-state index contributed by atoms with van der Waals surface area (Å²) in [6.07, 6.45) is 13.5. The number of fused-ring (bicyclic) bond motifs is 4. The lowest BCUT2D eigenvalue weighted by molar-refractivity contribution is 1.01. The van der Waals surface area contributed by atoms with Crippen molar-refractivity contribution in [3.8, 4) is 27.9 Å². The van der Waals surface area contributed by atoms with Crippen LogP contribution in [0.4, 0.5) is 5.69 Å². The molecular weight excluding hydrogens is 785 g/mol. The molecule has 2 heterocycles. The number of nitrogens with two attached hydrogens (primary N) is 1. The minimum Gasteiger partial charge on any atom is -0.359 e. The summed E-state index contributed by atoms with van der Waals surface area (Å²) in [6, 6.07) is 55.7. The van der Waals surface area contributed by atoms with Gasteiger partial charge in [-0.15, -0.1) is 11.3 Å². The van der Waals surface area contributed by atoms with Crippen LogP contribution in [-0.2, 0) is 0 Å². The Bertz CT molecular complexity index is 3090. The van der Waals surface area contributed by atoms with Crippen LogP contribution in [0.1, 0.15) is 30.5 Å². The summed E-state index contributed by atoms with van der Waals surface area (Å²) in [7, 11) is 0. The zero-order chi connectivity index (χ0) is 44.1. The van der Waals surface area contributed by atoms with E-state index in [-0.39, 0.29) is 0 Å². The Morgan fingerprint density at radius 1 is 0.667 bits per heavy atom. The first-order valence-corrected chi connectivity index (χ1v) is 22.0. The van der Waals surface area contributed by atoms with Gasteiger partial charge >= 0.3 is 0 Å². The number of nitrogens with one attached hydrogen (secondary N) is 2. The number of aryl methyl sites for hydroxylation is 2. The third-order valence-electron chi connectivity index (χ3n) is 10.8. The summed E-state index contributed by atoms with van der Waals surface area (Å²) in [4.78, 5) is 0. The van der Waals surface area contributed by atoms with E-state index >= 15 is 0 Å². The Labute approximate surface area is 376 Å². The second-order valence-electron chi connectivity index (χ2n) is 15.2. The van der Waals surface area contributed by atoms with Gasteiger partial charge < -0.3 is 15.3 Å². The molecular formula is C58H54N4S. The lowest BCUT2D eigenvalue weighted by atomic mass is 9.95. The summed E-state index contributed by atoms with van der Waals surface area (Å²) in [5.74, 6) is 6.00. The molecule has 0 amide bonds. The quantitative estimate of drug-likeness (QED) is 0.0691. The standard InChI is InChI=1S/C38H36N4.C20H18S/c1-5-8-10-16-27(4)40-35(15-6-2)31(7-3)33-25-28(21-23-36(33)41-39)29-22-24-38-34(26-29)32-19-13-14-20-37(32)42(38)30-17-11-9-12-18-30;1-15-8-6-9-16(2)18-12-7-13-19(20(18)21-14-15)17-10-4-3-5-11-17/h5-26,40-41H,1,3,39H2,2,4H3;3-14H,1-2H3/b10-8-,15-6-,27-16+,35-31-;. The first-order chi connectivity index (χ1) is 30.8. The minimum atomic E-state index is 0.812. The van der Waals surface area contributed by atoms with E-state index in [1.54, 1.807) is 6.08 Å². The molecule has 2 aromatic heterocycles. The van der Waals surface area contributed by atoms with Crippen LogP contribution in [-0.4, -0.2) is 4.57 Å². The Kier molecular flexibility index (Phi) is 14.5. The van der Waals surface area contributed by atoms with Crippen molar-refractivity contribution in [3.63, 3.8) is 0 Å². The molecule has 0 aliphatic rings. The number of hydrogen-bond acceptors (Lipinski definition) is 4. The molecule has 0 aliphatic carbocycles. The molecule has 63 heavy (non-hydrogen) atoms. The molecule has 8 aromatic rings. The van der Waals surface area contributed by atoms with Gasteiger partial charge in [-0.1, -0.05) is 159 Å². The van der Waals surface area contributed by atoms with Gasteiger partial charge in [-0.25, -0.2) is 0 Å². The number of anilines is 1. The van der Waals surface area contributed by atoms with Crippen LogP contribution in [0.2, 0.25) is 0 Å². The average molecular weight is 839 g/mol. The first-order valence-electron chi connectivity index (χ1n) is 21.1. The summed E-state index contributed by atoms with van der Waals surface area (Å²) < 4.78 is 3.66. The Morgan fingerprint density at radius 2 is 1.35 bits per heavy atom. The van der Waals surface area contributed by atoms with Crippen molar-refractivity contribution in [2.45, 2.75) is 27.7 Å². The molecule has 4 nitrogen and oxygen atoms in total. The Hall–Kier alpha value is -7.44. The van der Waals surface area contributed by atoms with E-state index in [0.717, 1.165) is 45.0 Å². The van der Waals surface area contributed by atoms with Gasteiger partial charge in [0.25, 0.3) is 0 Å². The first kappa shape index (κ1) is 43.6. The highest BCUT2D eigenvalue weighted by Gasteiger charge is 2.15. The smallest absolute Gasteiger partial charge is 0.0564 e. The number of hydrogen-bond donors (Lipinski definition) is 3. The molecule has 0 spiro atoms. The SMILES string of the molecule is C=C/C=C\C=C(/C)NC(/C=C\C)=C(/C=C)c1cc(-c2ccc3c(c2)c2ccccc2n3-c2ccccc2)ccc1NN.Cc1cccc(C)c2cccc(-c3ccccc3)c2sc1. The van der Waals surface area contributed by atoms with Crippen molar-refractivity contribution in [3.05, 3.63) is 247 Å². The third kappa shape index (κ3) is 10.0. The highest BCUT2D eigenvalue weighted by Crippen LogP contribution is 2.37. The number of nitrogens with zero attached hydrogens (tertiary/aromatic N) is 1. The lowest BCUT2D eigenvalue weighted by Crippen LogP contribution is -2.13. The van der Waals surface area contributed by atoms with Crippen LogP contribution in [0.3, 0.4) is 0 Å². The van der Waals surface area contributed by atoms with E-state index in [1.165, 1.54) is 54.1 Å². The van der Waals surface area contributed by atoms with Crippen molar-refractivity contribution in [2.24, 2.45) is 5.84 Å². The van der Waals surface area contributed by atoms with Gasteiger partial charge in [0.05, 0.1) is 16.7 Å². The second-order valence-corrected chi connectivity index (χ2v) is 16.1. The van der Waals surface area contributed by atoms with Gasteiger partial charge in [-0.2, -0.15) is 0 Å². The van der Waals surface area contributed by atoms with Crippen molar-refractivity contribution in [2.75, 3.05) is 5.43 Å². The maximum absolute atomic E-state index is 6.00. The molecule has 0 fully saturated rings. The zero-order valence-corrected chi connectivity index (χ0v) is 37.3. The van der Waals surface area contributed by atoms with E-state index in [9.17, 15) is 0 Å². The van der Waals surface area contributed by atoms with Gasteiger partial charge in [0.1, 0.15) is 0 Å². The van der Waals surface area contributed by atoms with Gasteiger partial charge in [0, 0.05) is 43.7 Å². The average Bonchev–Trinajstić information content (AvgIpc) is 3.68. The van der Waals surface area contributed by atoms with Gasteiger partial charge in [-0.3, -0.25) is 5.84 Å². The van der Waals surface area contributed by atoms with Crippen molar-refractivity contribution in [1.82, 2.24) is 9.88 Å². The van der Waals surface area contributed by atoms with Crippen molar-refractivity contribution in [1.29, 1.82) is 0 Å². The normalized spacial score (nSPS) is 11.9. The van der Waals surface area contributed by atoms with E-state index in [2.05, 4.69) is 193 Å².